The zero-order valence-electron chi connectivity index (χ0n) is 8.58. The lowest BCUT2D eigenvalue weighted by atomic mass is 9.95. The molecule has 0 aliphatic rings. The van der Waals surface area contributed by atoms with E-state index in [1.807, 2.05) is 0 Å². The van der Waals surface area contributed by atoms with Crippen molar-refractivity contribution in [2.24, 2.45) is 17.6 Å². The molecule has 0 heterocycles. The van der Waals surface area contributed by atoms with Gasteiger partial charge in [0.15, 0.2) is 7.12 Å². The largest absolute Gasteiger partial charge is 0.366 e. The van der Waals surface area contributed by atoms with E-state index in [9.17, 15) is 0 Å². The van der Waals surface area contributed by atoms with E-state index in [0.29, 0.717) is 11.8 Å². The number of rotatable bonds is 5. The average Bonchev–Trinajstić information content (AvgIpc) is 2.02. The molecule has 0 fully saturated rings. The Morgan fingerprint density at radius 3 is 2.23 bits per heavy atom. The van der Waals surface area contributed by atoms with Crippen molar-refractivity contribution in [2.45, 2.75) is 26.3 Å². The van der Waals surface area contributed by atoms with Gasteiger partial charge in [-0.1, -0.05) is 27.4 Å². The van der Waals surface area contributed by atoms with Crippen LogP contribution in [0.15, 0.2) is 12.3 Å². The first-order valence-corrected chi connectivity index (χ1v) is 4.99. The fraction of sp³-hybridized carbons (Fsp3) is 0.750. The van der Waals surface area contributed by atoms with Crippen molar-refractivity contribution in [3.63, 3.8) is 0 Å². The van der Waals surface area contributed by atoms with E-state index < -0.39 is 0 Å². The van der Waals surface area contributed by atoms with Gasteiger partial charge in [-0.25, -0.2) is 0 Å². The highest BCUT2D eigenvalue weighted by molar-refractivity contribution is 8.20. The van der Waals surface area contributed by atoms with Crippen molar-refractivity contribution in [3.8, 4) is 0 Å². The fourth-order valence-electron chi connectivity index (χ4n) is 0.751. The SMILES string of the molecule is [B].[B]SC(N)NC(=C)C(C)C(C)C. The molecule has 0 aliphatic carbocycles. The highest BCUT2D eigenvalue weighted by Crippen LogP contribution is 2.16. The summed E-state index contributed by atoms with van der Waals surface area (Å²) in [7, 11) is 5.28. The van der Waals surface area contributed by atoms with Crippen LogP contribution in [0.25, 0.3) is 0 Å². The topological polar surface area (TPSA) is 38.0 Å². The van der Waals surface area contributed by atoms with Gasteiger partial charge >= 0.3 is 0 Å². The number of hydrogen-bond acceptors (Lipinski definition) is 3. The van der Waals surface area contributed by atoms with E-state index >= 15 is 0 Å². The Hall–Kier alpha value is -0.0201. The number of nitrogens with two attached hydrogens (primary N) is 1. The fourth-order valence-corrected chi connectivity index (χ4v) is 0.970. The van der Waals surface area contributed by atoms with Crippen LogP contribution < -0.4 is 11.1 Å². The Morgan fingerprint density at radius 1 is 1.46 bits per heavy atom. The van der Waals surface area contributed by atoms with Crippen molar-refractivity contribution < 1.29 is 0 Å². The summed E-state index contributed by atoms with van der Waals surface area (Å²) < 4.78 is 0. The maximum atomic E-state index is 5.58. The minimum atomic E-state index is -0.251. The summed E-state index contributed by atoms with van der Waals surface area (Å²) in [5, 5.41) is 3.03. The van der Waals surface area contributed by atoms with Gasteiger partial charge in [0.1, 0.15) is 5.50 Å². The third kappa shape index (κ3) is 6.11. The van der Waals surface area contributed by atoms with E-state index in [0.717, 1.165) is 17.3 Å². The normalized spacial score (nSPS) is 14.5. The minimum absolute atomic E-state index is 0. The molecule has 0 aromatic heterocycles. The van der Waals surface area contributed by atoms with Crippen LogP contribution in [0, 0.1) is 11.8 Å². The molecular weight excluding hydrogens is 178 g/mol. The summed E-state index contributed by atoms with van der Waals surface area (Å²) in [5.74, 6) is 0.989. The van der Waals surface area contributed by atoms with Gasteiger partial charge in [-0.2, -0.15) is 11.6 Å². The second-order valence-electron chi connectivity index (χ2n) is 3.26. The highest BCUT2D eigenvalue weighted by atomic mass is 32.2. The first-order valence-electron chi connectivity index (χ1n) is 4.05. The molecule has 0 saturated heterocycles. The van der Waals surface area contributed by atoms with Crippen molar-refractivity contribution in [1.82, 2.24) is 5.32 Å². The van der Waals surface area contributed by atoms with Crippen molar-refractivity contribution >= 4 is 27.2 Å². The standard InChI is InChI=1S/C8H17BN2S.B/c1-5(2)6(3)7(4)11-8(10)12-9;/h5-6,8,11H,4,10H2,1-3H3;. The number of hydrogen-bond donors (Lipinski definition) is 2. The predicted octanol–water partition coefficient (Wildman–Crippen LogP) is 1.06. The van der Waals surface area contributed by atoms with Crippen LogP contribution in [0.3, 0.4) is 0 Å². The molecule has 0 saturated carbocycles. The highest BCUT2D eigenvalue weighted by Gasteiger charge is 2.11. The van der Waals surface area contributed by atoms with Crippen LogP contribution in [-0.4, -0.2) is 21.0 Å². The molecule has 0 aliphatic heterocycles. The van der Waals surface area contributed by atoms with Crippen LogP contribution in [-0.2, 0) is 0 Å². The Labute approximate surface area is 89.0 Å². The Balaban J connectivity index is 0. The minimum Gasteiger partial charge on any atom is -0.366 e. The summed E-state index contributed by atoms with van der Waals surface area (Å²) in [4.78, 5) is 0. The summed E-state index contributed by atoms with van der Waals surface area (Å²) in [6.45, 7) is 10.3. The molecule has 0 spiro atoms. The molecule has 13 heavy (non-hydrogen) atoms. The van der Waals surface area contributed by atoms with Crippen LogP contribution in [0.2, 0.25) is 0 Å². The summed E-state index contributed by atoms with van der Waals surface area (Å²) in [6, 6.07) is 0. The van der Waals surface area contributed by atoms with Gasteiger partial charge in [0, 0.05) is 14.1 Å². The molecule has 2 nitrogen and oxygen atoms in total. The molecule has 2 atom stereocenters. The van der Waals surface area contributed by atoms with Gasteiger partial charge in [-0.3, -0.25) is 0 Å². The van der Waals surface area contributed by atoms with Crippen molar-refractivity contribution in [2.75, 3.05) is 0 Å². The van der Waals surface area contributed by atoms with Crippen LogP contribution in [0.1, 0.15) is 20.8 Å². The second-order valence-corrected chi connectivity index (χ2v) is 4.04. The Kier molecular flexibility index (Phi) is 8.78. The molecule has 71 valence electrons. The van der Waals surface area contributed by atoms with Gasteiger partial charge in [-0.05, 0) is 11.8 Å². The first kappa shape index (κ1) is 15.5. The van der Waals surface area contributed by atoms with Gasteiger partial charge in [-0.15, -0.1) is 0 Å². The maximum absolute atomic E-state index is 5.58. The molecule has 0 aromatic rings. The van der Waals surface area contributed by atoms with E-state index in [4.69, 9.17) is 12.9 Å². The lowest BCUT2D eigenvalue weighted by Crippen LogP contribution is -2.35. The Morgan fingerprint density at radius 2 is 1.92 bits per heavy atom. The predicted molar refractivity (Wildman–Crippen MR) is 63.4 cm³/mol. The van der Waals surface area contributed by atoms with Gasteiger partial charge < -0.3 is 11.1 Å². The lowest BCUT2D eigenvalue weighted by molar-refractivity contribution is 0.451. The number of nitrogens with one attached hydrogen (secondary N) is 1. The molecule has 5 radical (unpaired) electrons. The second kappa shape index (κ2) is 7.39. The zero-order chi connectivity index (χ0) is 9.72. The lowest BCUT2D eigenvalue weighted by Gasteiger charge is -2.23. The molecule has 5 heteroatoms. The zero-order valence-corrected chi connectivity index (χ0v) is 9.40. The first-order chi connectivity index (χ1) is 5.49. The quantitative estimate of drug-likeness (QED) is 0.508. The molecule has 3 N–H and O–H groups in total. The Bertz CT molecular complexity index is 153. The summed E-state index contributed by atoms with van der Waals surface area (Å²) in [5.41, 5.74) is 6.28. The van der Waals surface area contributed by atoms with Crippen LogP contribution in [0.4, 0.5) is 0 Å². The van der Waals surface area contributed by atoms with Gasteiger partial charge in [0.05, 0.1) is 0 Å². The third-order valence-electron chi connectivity index (χ3n) is 2.02. The molecule has 0 aromatic carbocycles. The third-order valence-corrected chi connectivity index (χ3v) is 2.43. The molecule has 2 unspecified atom stereocenters. The van der Waals surface area contributed by atoms with E-state index in [1.54, 1.807) is 0 Å². The van der Waals surface area contributed by atoms with E-state index in [-0.39, 0.29) is 13.9 Å². The van der Waals surface area contributed by atoms with E-state index in [1.165, 1.54) is 0 Å². The van der Waals surface area contributed by atoms with E-state index in [2.05, 4.69) is 32.7 Å². The van der Waals surface area contributed by atoms with Crippen LogP contribution >= 0.6 is 11.6 Å². The molecule has 0 amide bonds. The maximum Gasteiger partial charge on any atom is 0.166 e. The van der Waals surface area contributed by atoms with Gasteiger partial charge in [0.2, 0.25) is 0 Å². The summed E-state index contributed by atoms with van der Waals surface area (Å²) in [6.07, 6.45) is 0. The molecule has 0 rings (SSSR count). The average molecular weight is 195 g/mol. The monoisotopic (exact) mass is 195 g/mol. The van der Waals surface area contributed by atoms with Crippen molar-refractivity contribution in [1.29, 1.82) is 0 Å². The smallest absolute Gasteiger partial charge is 0.166 e. The molecule has 0 bridgehead atoms. The van der Waals surface area contributed by atoms with Crippen molar-refractivity contribution in [3.05, 3.63) is 12.3 Å². The number of allylic oxidation sites excluding steroid dienone is 1. The summed E-state index contributed by atoms with van der Waals surface area (Å²) >= 11 is 1.09. The van der Waals surface area contributed by atoms with Crippen LogP contribution in [0.5, 0.6) is 0 Å². The molecular formula is C8H17B2N2S. The van der Waals surface area contributed by atoms with Gasteiger partial charge in [0.25, 0.3) is 0 Å².